The number of carboxylic acid groups (broad SMARTS) is 1. The van der Waals surface area contributed by atoms with Gasteiger partial charge in [0.1, 0.15) is 0 Å². The van der Waals surface area contributed by atoms with Crippen LogP contribution < -0.4 is 0 Å². The van der Waals surface area contributed by atoms with Crippen molar-refractivity contribution in [3.63, 3.8) is 0 Å². The van der Waals surface area contributed by atoms with Crippen molar-refractivity contribution in [2.75, 3.05) is 0 Å². The standard InChI is InChI=1S/C12H20ClNO3/c1-12(2,3)14(11(16)17)9-6-4-8(5-7-9)10(13)15/h8-9H,4-7H2,1-3H3,(H,16,17)/t8-,9-. The maximum atomic E-state index is 11.3. The monoisotopic (exact) mass is 261 g/mol. The van der Waals surface area contributed by atoms with Gasteiger partial charge in [-0.2, -0.15) is 0 Å². The molecule has 1 saturated carbocycles. The molecule has 0 unspecified atom stereocenters. The van der Waals surface area contributed by atoms with Gasteiger partial charge in [-0.1, -0.05) is 0 Å². The molecule has 1 rings (SSSR count). The Morgan fingerprint density at radius 2 is 1.65 bits per heavy atom. The third-order valence-electron chi connectivity index (χ3n) is 3.31. The summed E-state index contributed by atoms with van der Waals surface area (Å²) in [6.07, 6.45) is 1.91. The maximum Gasteiger partial charge on any atom is 0.407 e. The van der Waals surface area contributed by atoms with E-state index in [1.165, 1.54) is 4.90 Å². The first kappa shape index (κ1) is 14.3. The lowest BCUT2D eigenvalue weighted by Crippen LogP contribution is -2.52. The lowest BCUT2D eigenvalue weighted by molar-refractivity contribution is -0.116. The summed E-state index contributed by atoms with van der Waals surface area (Å²) in [5.41, 5.74) is -0.408. The molecule has 5 heteroatoms. The first-order valence-electron chi connectivity index (χ1n) is 5.95. The smallest absolute Gasteiger partial charge is 0.407 e. The number of hydrogen-bond donors (Lipinski definition) is 1. The van der Waals surface area contributed by atoms with Crippen molar-refractivity contribution in [2.45, 2.75) is 58.0 Å². The van der Waals surface area contributed by atoms with Gasteiger partial charge in [0, 0.05) is 17.5 Å². The Labute approximate surface area is 107 Å². The van der Waals surface area contributed by atoms with Crippen LogP contribution in [0.4, 0.5) is 4.79 Å². The minimum Gasteiger partial charge on any atom is -0.465 e. The molecule has 0 atom stereocenters. The number of halogens is 1. The highest BCUT2D eigenvalue weighted by Gasteiger charge is 2.36. The Morgan fingerprint density at radius 1 is 1.18 bits per heavy atom. The molecule has 17 heavy (non-hydrogen) atoms. The molecule has 1 aliphatic carbocycles. The van der Waals surface area contributed by atoms with Crippen LogP contribution in [0.3, 0.4) is 0 Å². The molecule has 0 radical (unpaired) electrons. The molecule has 1 N–H and O–H groups in total. The van der Waals surface area contributed by atoms with E-state index in [1.807, 2.05) is 20.8 Å². The molecule has 98 valence electrons. The van der Waals surface area contributed by atoms with Gasteiger partial charge < -0.3 is 10.0 Å². The van der Waals surface area contributed by atoms with E-state index in [2.05, 4.69) is 0 Å². The van der Waals surface area contributed by atoms with Crippen molar-refractivity contribution in [1.29, 1.82) is 0 Å². The van der Waals surface area contributed by atoms with Crippen LogP contribution in [0.1, 0.15) is 46.5 Å². The molecule has 1 aliphatic rings. The lowest BCUT2D eigenvalue weighted by Gasteiger charge is -2.42. The number of rotatable bonds is 2. The Morgan fingerprint density at radius 3 is 1.94 bits per heavy atom. The minimum atomic E-state index is -0.891. The summed E-state index contributed by atoms with van der Waals surface area (Å²) >= 11 is 5.47. The van der Waals surface area contributed by atoms with Crippen LogP contribution in [0.5, 0.6) is 0 Å². The maximum absolute atomic E-state index is 11.3. The van der Waals surface area contributed by atoms with Gasteiger partial charge >= 0.3 is 6.09 Å². The summed E-state index contributed by atoms with van der Waals surface area (Å²) in [6.45, 7) is 5.67. The summed E-state index contributed by atoms with van der Waals surface area (Å²) in [5, 5.41) is 8.98. The summed E-state index contributed by atoms with van der Waals surface area (Å²) in [7, 11) is 0. The molecule has 0 aromatic rings. The molecule has 0 heterocycles. The summed E-state index contributed by atoms with van der Waals surface area (Å²) in [6, 6.07) is -0.000216. The second-order valence-corrected chi connectivity index (χ2v) is 6.01. The van der Waals surface area contributed by atoms with Crippen LogP contribution in [0.15, 0.2) is 0 Å². The molecule has 4 nitrogen and oxygen atoms in total. The zero-order valence-corrected chi connectivity index (χ0v) is 11.3. The van der Waals surface area contributed by atoms with Gasteiger partial charge in [-0.3, -0.25) is 4.79 Å². The van der Waals surface area contributed by atoms with Crippen molar-refractivity contribution < 1.29 is 14.7 Å². The first-order valence-corrected chi connectivity index (χ1v) is 6.33. The van der Waals surface area contributed by atoms with Gasteiger partial charge in [-0.25, -0.2) is 4.79 Å². The molecule has 0 aromatic heterocycles. The summed E-state index contributed by atoms with van der Waals surface area (Å²) in [4.78, 5) is 23.8. The number of carbonyl (C=O) groups excluding carboxylic acids is 1. The molecule has 1 fully saturated rings. The highest BCUT2D eigenvalue weighted by molar-refractivity contribution is 6.63. The molecule has 0 bridgehead atoms. The van der Waals surface area contributed by atoms with Crippen molar-refractivity contribution in [3.05, 3.63) is 0 Å². The van der Waals surface area contributed by atoms with Crippen molar-refractivity contribution in [3.8, 4) is 0 Å². The van der Waals surface area contributed by atoms with Crippen molar-refractivity contribution in [2.24, 2.45) is 5.92 Å². The average Bonchev–Trinajstić information content (AvgIpc) is 2.15. The zero-order chi connectivity index (χ0) is 13.2. The molecule has 0 saturated heterocycles. The van der Waals surface area contributed by atoms with Crippen LogP contribution in [-0.2, 0) is 4.79 Å². The number of hydrogen-bond acceptors (Lipinski definition) is 2. The SMILES string of the molecule is CC(C)(C)N(C(=O)O)[C@H]1CC[C@H](C(=O)Cl)CC1. The van der Waals surface area contributed by atoms with Crippen LogP contribution in [0, 0.1) is 5.92 Å². The van der Waals surface area contributed by atoms with Gasteiger partial charge in [-0.15, -0.1) is 0 Å². The van der Waals surface area contributed by atoms with Gasteiger partial charge in [0.15, 0.2) is 0 Å². The first-order chi connectivity index (χ1) is 7.73. The van der Waals surface area contributed by atoms with E-state index in [1.54, 1.807) is 0 Å². The van der Waals surface area contributed by atoms with E-state index in [4.69, 9.17) is 11.6 Å². The fourth-order valence-corrected chi connectivity index (χ4v) is 2.77. The van der Waals surface area contributed by atoms with E-state index in [0.29, 0.717) is 25.7 Å². The van der Waals surface area contributed by atoms with Crippen LogP contribution in [0.25, 0.3) is 0 Å². The number of amides is 1. The predicted octanol–water partition coefficient (Wildman–Crippen LogP) is 3.09. The zero-order valence-electron chi connectivity index (χ0n) is 10.6. The predicted molar refractivity (Wildman–Crippen MR) is 66.2 cm³/mol. The number of nitrogens with zero attached hydrogens (tertiary/aromatic N) is 1. The molecule has 0 aromatic carbocycles. The van der Waals surface area contributed by atoms with Gasteiger partial charge in [0.05, 0.1) is 0 Å². The summed E-state index contributed by atoms with van der Waals surface area (Å²) in [5.74, 6) is -0.0940. The lowest BCUT2D eigenvalue weighted by atomic mass is 9.84. The van der Waals surface area contributed by atoms with Crippen LogP contribution >= 0.6 is 11.6 Å². The highest BCUT2D eigenvalue weighted by atomic mass is 35.5. The van der Waals surface area contributed by atoms with E-state index >= 15 is 0 Å². The third kappa shape index (κ3) is 3.60. The molecule has 0 spiro atoms. The van der Waals surface area contributed by atoms with Gasteiger partial charge in [0.25, 0.3) is 0 Å². The fourth-order valence-electron chi connectivity index (χ4n) is 2.55. The van der Waals surface area contributed by atoms with Gasteiger partial charge in [0.2, 0.25) is 5.24 Å². The summed E-state index contributed by atoms with van der Waals surface area (Å²) < 4.78 is 0. The Balaban J connectivity index is 2.68. The fraction of sp³-hybridized carbons (Fsp3) is 0.833. The Kier molecular flexibility index (Phi) is 4.42. The quantitative estimate of drug-likeness (QED) is 0.777. The molecular formula is C12H20ClNO3. The van der Waals surface area contributed by atoms with E-state index < -0.39 is 11.6 Å². The third-order valence-corrected chi connectivity index (χ3v) is 3.62. The van der Waals surface area contributed by atoms with Gasteiger partial charge in [-0.05, 0) is 58.1 Å². The van der Waals surface area contributed by atoms with Crippen LogP contribution in [0.2, 0.25) is 0 Å². The van der Waals surface area contributed by atoms with E-state index in [9.17, 15) is 14.7 Å². The molecular weight excluding hydrogens is 242 g/mol. The largest absolute Gasteiger partial charge is 0.465 e. The molecule has 0 aliphatic heterocycles. The average molecular weight is 262 g/mol. The van der Waals surface area contributed by atoms with Crippen LogP contribution in [-0.4, -0.2) is 32.9 Å². The Hall–Kier alpha value is -0.770. The van der Waals surface area contributed by atoms with E-state index in [0.717, 1.165) is 0 Å². The second kappa shape index (κ2) is 5.25. The van der Waals surface area contributed by atoms with Crippen molar-refractivity contribution >= 4 is 22.9 Å². The number of carbonyl (C=O) groups is 2. The highest BCUT2D eigenvalue weighted by Crippen LogP contribution is 2.32. The molecule has 1 amide bonds. The second-order valence-electron chi connectivity index (χ2n) is 5.63. The Bertz CT molecular complexity index is 303. The topological polar surface area (TPSA) is 57.6 Å². The van der Waals surface area contributed by atoms with Crippen molar-refractivity contribution in [1.82, 2.24) is 4.90 Å². The van der Waals surface area contributed by atoms with E-state index in [-0.39, 0.29) is 17.2 Å². The minimum absolute atomic E-state index is 0.000216. The normalized spacial score (nSPS) is 25.4.